The Morgan fingerprint density at radius 3 is 2.14 bits per heavy atom. The minimum atomic E-state index is -0.745. The van der Waals surface area contributed by atoms with Crippen molar-refractivity contribution in [1.82, 2.24) is 10.2 Å². The summed E-state index contributed by atoms with van der Waals surface area (Å²) in [5, 5.41) is 2.13. The van der Waals surface area contributed by atoms with E-state index >= 15 is 0 Å². The molecule has 0 radical (unpaired) electrons. The zero-order valence-corrected chi connectivity index (χ0v) is 9.55. The first-order valence-corrected chi connectivity index (χ1v) is 4.91. The quantitative estimate of drug-likeness (QED) is 0.519. The smallest absolute Gasteiger partial charge is 0.246 e. The Hall–Kier alpha value is -0.910. The van der Waals surface area contributed by atoms with Crippen LogP contribution in [-0.4, -0.2) is 40.0 Å². The molecule has 1 N–H and O–H groups in total. The zero-order valence-electron chi connectivity index (χ0n) is 7.96. The van der Waals surface area contributed by atoms with E-state index in [0.717, 1.165) is 0 Å². The van der Waals surface area contributed by atoms with Crippen LogP contribution >= 0.6 is 15.9 Å². The summed E-state index contributed by atoms with van der Waals surface area (Å²) in [7, 11) is 0. The topological polar surface area (TPSA) is 66.5 Å². The third kappa shape index (κ3) is 2.54. The van der Waals surface area contributed by atoms with Gasteiger partial charge in [-0.3, -0.25) is 19.7 Å². The second-order valence-corrected chi connectivity index (χ2v) is 5.59. The number of carbonyl (C=O) groups is 3. The number of nitrogens with zero attached hydrogens (tertiary/aromatic N) is 1. The summed E-state index contributed by atoms with van der Waals surface area (Å²) in [6.45, 7) is 3.23. The summed E-state index contributed by atoms with van der Waals surface area (Å²) in [4.78, 5) is 34.8. The monoisotopic (exact) mass is 262 g/mol. The molecule has 6 heteroatoms. The van der Waals surface area contributed by atoms with Gasteiger partial charge in [0.1, 0.15) is 13.1 Å². The normalized spacial score (nSPS) is 18.1. The van der Waals surface area contributed by atoms with Gasteiger partial charge in [0.25, 0.3) is 0 Å². The van der Waals surface area contributed by atoms with Crippen LogP contribution in [0.25, 0.3) is 0 Å². The van der Waals surface area contributed by atoms with Crippen LogP contribution in [0.2, 0.25) is 0 Å². The van der Waals surface area contributed by atoms with Crippen molar-refractivity contribution in [2.24, 2.45) is 0 Å². The highest BCUT2D eigenvalue weighted by atomic mass is 79.9. The Morgan fingerprint density at radius 2 is 1.79 bits per heavy atom. The number of halogens is 1. The van der Waals surface area contributed by atoms with Crippen molar-refractivity contribution in [3.63, 3.8) is 0 Å². The average Bonchev–Trinajstić information content (AvgIpc) is 1.99. The van der Waals surface area contributed by atoms with E-state index in [0.29, 0.717) is 0 Å². The Kier molecular flexibility index (Phi) is 2.94. The average molecular weight is 263 g/mol. The van der Waals surface area contributed by atoms with E-state index in [1.165, 1.54) is 4.90 Å². The maximum atomic E-state index is 11.7. The number of hydrogen-bond acceptors (Lipinski definition) is 3. The molecule has 0 aromatic carbocycles. The van der Waals surface area contributed by atoms with E-state index in [1.807, 2.05) is 0 Å². The fourth-order valence-electron chi connectivity index (χ4n) is 1.16. The summed E-state index contributed by atoms with van der Waals surface area (Å²) in [6.07, 6.45) is 0. The SMILES string of the molecule is CC(C)(Br)C(=O)N1CC(=O)NC(=O)C1. The van der Waals surface area contributed by atoms with E-state index in [9.17, 15) is 14.4 Å². The summed E-state index contributed by atoms with van der Waals surface area (Å²) in [5.41, 5.74) is 0. The van der Waals surface area contributed by atoms with Gasteiger partial charge in [-0.25, -0.2) is 0 Å². The molecular formula is C8H11BrN2O3. The summed E-state index contributed by atoms with van der Waals surface area (Å²) in [6, 6.07) is 0. The number of rotatable bonds is 1. The molecule has 0 aromatic rings. The lowest BCUT2D eigenvalue weighted by atomic mass is 10.1. The molecule has 1 heterocycles. The fraction of sp³-hybridized carbons (Fsp3) is 0.625. The number of amides is 3. The molecule has 1 aliphatic rings. The number of piperazine rings is 1. The van der Waals surface area contributed by atoms with E-state index in [-0.39, 0.29) is 19.0 Å². The maximum Gasteiger partial charge on any atom is 0.246 e. The lowest BCUT2D eigenvalue weighted by Crippen LogP contribution is -2.56. The van der Waals surface area contributed by atoms with Crippen LogP contribution in [0, 0.1) is 0 Å². The number of nitrogens with one attached hydrogen (secondary N) is 1. The maximum absolute atomic E-state index is 11.7. The highest BCUT2D eigenvalue weighted by molar-refractivity contribution is 9.10. The van der Waals surface area contributed by atoms with Crippen LogP contribution in [0.3, 0.4) is 0 Å². The molecule has 1 fully saturated rings. The molecule has 1 saturated heterocycles. The van der Waals surface area contributed by atoms with Gasteiger partial charge in [0, 0.05) is 0 Å². The van der Waals surface area contributed by atoms with Crippen LogP contribution < -0.4 is 5.32 Å². The first kappa shape index (κ1) is 11.2. The Bertz CT molecular complexity index is 279. The van der Waals surface area contributed by atoms with Crippen molar-refractivity contribution in [1.29, 1.82) is 0 Å². The predicted molar refractivity (Wildman–Crippen MR) is 52.7 cm³/mol. The summed E-state index contributed by atoms with van der Waals surface area (Å²) >= 11 is 3.19. The minimum Gasteiger partial charge on any atom is -0.323 e. The van der Waals surface area contributed by atoms with Crippen molar-refractivity contribution in [3.8, 4) is 0 Å². The lowest BCUT2D eigenvalue weighted by Gasteiger charge is -2.30. The van der Waals surface area contributed by atoms with Crippen molar-refractivity contribution in [2.75, 3.05) is 13.1 Å². The van der Waals surface area contributed by atoms with Crippen LogP contribution in [0.4, 0.5) is 0 Å². The number of hydrogen-bond donors (Lipinski definition) is 1. The van der Waals surface area contributed by atoms with Gasteiger partial charge < -0.3 is 4.90 Å². The molecule has 78 valence electrons. The molecule has 0 bridgehead atoms. The molecule has 5 nitrogen and oxygen atoms in total. The molecule has 0 aliphatic carbocycles. The van der Waals surface area contributed by atoms with Gasteiger partial charge in [-0.2, -0.15) is 0 Å². The molecule has 14 heavy (non-hydrogen) atoms. The lowest BCUT2D eigenvalue weighted by molar-refractivity contribution is -0.146. The molecule has 0 spiro atoms. The third-order valence-electron chi connectivity index (χ3n) is 1.74. The van der Waals surface area contributed by atoms with Crippen molar-refractivity contribution >= 4 is 33.7 Å². The Morgan fingerprint density at radius 1 is 1.36 bits per heavy atom. The first-order valence-electron chi connectivity index (χ1n) is 4.11. The largest absolute Gasteiger partial charge is 0.323 e. The van der Waals surface area contributed by atoms with Crippen LogP contribution in [0.1, 0.15) is 13.8 Å². The molecule has 1 aliphatic heterocycles. The first-order chi connectivity index (χ1) is 6.30. The van der Waals surface area contributed by atoms with Crippen LogP contribution in [0.15, 0.2) is 0 Å². The van der Waals surface area contributed by atoms with Crippen molar-refractivity contribution < 1.29 is 14.4 Å². The Balaban J connectivity index is 2.74. The Labute approximate surface area is 89.9 Å². The van der Waals surface area contributed by atoms with E-state index in [2.05, 4.69) is 21.2 Å². The number of carbonyl (C=O) groups excluding carboxylic acids is 3. The van der Waals surface area contributed by atoms with Gasteiger partial charge in [-0.05, 0) is 13.8 Å². The van der Waals surface area contributed by atoms with Gasteiger partial charge in [0.05, 0.1) is 4.32 Å². The predicted octanol–water partition coefficient (Wildman–Crippen LogP) is -0.355. The van der Waals surface area contributed by atoms with Gasteiger partial charge >= 0.3 is 0 Å². The van der Waals surface area contributed by atoms with Crippen molar-refractivity contribution in [3.05, 3.63) is 0 Å². The summed E-state index contributed by atoms with van der Waals surface area (Å²) in [5.74, 6) is -1.14. The van der Waals surface area contributed by atoms with Gasteiger partial charge in [-0.15, -0.1) is 0 Å². The number of imide groups is 1. The highest BCUT2D eigenvalue weighted by Crippen LogP contribution is 2.19. The van der Waals surface area contributed by atoms with E-state index < -0.39 is 16.1 Å². The third-order valence-corrected chi connectivity index (χ3v) is 2.08. The van der Waals surface area contributed by atoms with E-state index in [1.54, 1.807) is 13.8 Å². The van der Waals surface area contributed by atoms with Crippen molar-refractivity contribution in [2.45, 2.75) is 18.2 Å². The van der Waals surface area contributed by atoms with E-state index in [4.69, 9.17) is 0 Å². The fourth-order valence-corrected chi connectivity index (χ4v) is 1.41. The van der Waals surface area contributed by atoms with Gasteiger partial charge in [0.2, 0.25) is 17.7 Å². The molecule has 0 unspecified atom stereocenters. The second-order valence-electron chi connectivity index (χ2n) is 3.61. The standard InChI is InChI=1S/C8H11BrN2O3/c1-8(2,9)7(14)11-3-5(12)10-6(13)4-11/h3-4H2,1-2H3,(H,10,12,13). The molecule has 1 rings (SSSR count). The highest BCUT2D eigenvalue weighted by Gasteiger charge is 2.34. The van der Waals surface area contributed by atoms with Gasteiger partial charge in [0.15, 0.2) is 0 Å². The molecule has 3 amide bonds. The second kappa shape index (κ2) is 3.68. The summed E-state index contributed by atoms with van der Waals surface area (Å²) < 4.78 is -0.745. The minimum absolute atomic E-state index is 0.0559. The molecule has 0 aromatic heterocycles. The molecule has 0 atom stereocenters. The van der Waals surface area contributed by atoms with Crippen LogP contribution in [0.5, 0.6) is 0 Å². The zero-order chi connectivity index (χ0) is 10.9. The number of alkyl halides is 1. The molecule has 0 saturated carbocycles. The van der Waals surface area contributed by atoms with Crippen LogP contribution in [-0.2, 0) is 14.4 Å². The molecular weight excluding hydrogens is 252 g/mol. The van der Waals surface area contributed by atoms with Gasteiger partial charge in [-0.1, -0.05) is 15.9 Å².